The molecule has 24 heavy (non-hydrogen) atoms. The van der Waals surface area contributed by atoms with Gasteiger partial charge in [0, 0.05) is 23.5 Å². The maximum atomic E-state index is 12.7. The Morgan fingerprint density at radius 3 is 2.67 bits per heavy atom. The third-order valence-electron chi connectivity index (χ3n) is 4.88. The lowest BCUT2D eigenvalue weighted by Gasteiger charge is -2.36. The number of benzene rings is 1. The molecule has 0 radical (unpaired) electrons. The van der Waals surface area contributed by atoms with E-state index in [4.69, 9.17) is 0 Å². The van der Waals surface area contributed by atoms with Gasteiger partial charge >= 0.3 is 0 Å². The molecule has 4 rings (SSSR count). The highest BCUT2D eigenvalue weighted by Crippen LogP contribution is 2.34. The van der Waals surface area contributed by atoms with E-state index in [-0.39, 0.29) is 12.0 Å². The van der Waals surface area contributed by atoms with Gasteiger partial charge in [0.05, 0.1) is 18.2 Å². The molecule has 5 heteroatoms. The molecule has 2 saturated carbocycles. The molecule has 0 unspecified atom stereocenters. The van der Waals surface area contributed by atoms with E-state index < -0.39 is 0 Å². The summed E-state index contributed by atoms with van der Waals surface area (Å²) in [5.41, 5.74) is 1.96. The highest BCUT2D eigenvalue weighted by atomic mass is 32.1. The molecule has 2 aliphatic carbocycles. The van der Waals surface area contributed by atoms with Gasteiger partial charge in [-0.05, 0) is 31.6 Å². The van der Waals surface area contributed by atoms with Crippen LogP contribution in [0, 0.1) is 5.92 Å². The predicted molar refractivity (Wildman–Crippen MR) is 94.7 cm³/mol. The van der Waals surface area contributed by atoms with Gasteiger partial charge in [-0.1, -0.05) is 30.3 Å². The summed E-state index contributed by atoms with van der Waals surface area (Å²) in [4.78, 5) is 19.4. The minimum absolute atomic E-state index is 0.155. The summed E-state index contributed by atoms with van der Waals surface area (Å²) in [5, 5.41) is 12.4. The standard InChI is InChI=1S/C19H22N2O2S/c22-17-8-13(9-17)11-21(16-6-7-16)18(23)10-15-12-24-19(20-15)14-4-2-1-3-5-14/h1-5,12-13,16-17,22H,6-11H2. The summed E-state index contributed by atoms with van der Waals surface area (Å²) >= 11 is 1.60. The van der Waals surface area contributed by atoms with E-state index in [9.17, 15) is 9.90 Å². The SMILES string of the molecule is O=C(Cc1csc(-c2ccccc2)n1)N(CC1CC(O)C1)C1CC1. The fourth-order valence-electron chi connectivity index (χ4n) is 3.33. The molecule has 1 amide bonds. The summed E-state index contributed by atoms with van der Waals surface area (Å²) in [7, 11) is 0. The van der Waals surface area contributed by atoms with Crippen molar-refractivity contribution in [3.63, 3.8) is 0 Å². The number of carbonyl (C=O) groups excluding carboxylic acids is 1. The Hall–Kier alpha value is -1.72. The average Bonchev–Trinajstić information content (AvgIpc) is 3.29. The van der Waals surface area contributed by atoms with Crippen molar-refractivity contribution in [3.05, 3.63) is 41.4 Å². The summed E-state index contributed by atoms with van der Waals surface area (Å²) in [6, 6.07) is 10.5. The van der Waals surface area contributed by atoms with Crippen LogP contribution in [0.1, 0.15) is 31.4 Å². The van der Waals surface area contributed by atoms with Crippen molar-refractivity contribution in [2.75, 3.05) is 6.54 Å². The molecule has 126 valence electrons. The quantitative estimate of drug-likeness (QED) is 0.877. The predicted octanol–water partition coefficient (Wildman–Crippen LogP) is 3.11. The van der Waals surface area contributed by atoms with Gasteiger partial charge in [-0.3, -0.25) is 4.79 Å². The van der Waals surface area contributed by atoms with Crippen LogP contribution in [-0.2, 0) is 11.2 Å². The second-order valence-corrected chi connectivity index (χ2v) is 7.81. The third kappa shape index (κ3) is 3.52. The number of carbonyl (C=O) groups is 1. The fourth-order valence-corrected chi connectivity index (χ4v) is 4.15. The number of aromatic nitrogens is 1. The highest BCUT2D eigenvalue weighted by molar-refractivity contribution is 7.13. The lowest BCUT2D eigenvalue weighted by atomic mass is 9.82. The molecular formula is C19H22N2O2S. The molecule has 1 heterocycles. The Labute approximate surface area is 146 Å². The van der Waals surface area contributed by atoms with E-state index in [1.54, 1.807) is 11.3 Å². The molecule has 1 N–H and O–H groups in total. The van der Waals surface area contributed by atoms with E-state index in [2.05, 4.69) is 4.98 Å². The molecule has 2 aromatic rings. The van der Waals surface area contributed by atoms with Crippen molar-refractivity contribution in [1.82, 2.24) is 9.88 Å². The Bertz CT molecular complexity index is 705. The van der Waals surface area contributed by atoms with E-state index in [1.165, 1.54) is 0 Å². The molecule has 0 bridgehead atoms. The van der Waals surface area contributed by atoms with Gasteiger partial charge in [-0.2, -0.15) is 0 Å². The van der Waals surface area contributed by atoms with Crippen LogP contribution < -0.4 is 0 Å². The van der Waals surface area contributed by atoms with Crippen molar-refractivity contribution >= 4 is 17.2 Å². The summed E-state index contributed by atoms with van der Waals surface area (Å²) in [5.74, 6) is 0.656. The molecule has 0 spiro atoms. The molecular weight excluding hydrogens is 320 g/mol. The molecule has 0 aliphatic heterocycles. The van der Waals surface area contributed by atoms with Gasteiger partial charge in [0.15, 0.2) is 0 Å². The molecule has 4 nitrogen and oxygen atoms in total. The second-order valence-electron chi connectivity index (χ2n) is 6.96. The topological polar surface area (TPSA) is 53.4 Å². The zero-order valence-electron chi connectivity index (χ0n) is 13.6. The van der Waals surface area contributed by atoms with Crippen LogP contribution in [0.4, 0.5) is 0 Å². The Kier molecular flexibility index (Phi) is 4.37. The van der Waals surface area contributed by atoms with Crippen molar-refractivity contribution in [1.29, 1.82) is 0 Å². The van der Waals surface area contributed by atoms with Gasteiger partial charge in [-0.25, -0.2) is 4.98 Å². The minimum atomic E-state index is -0.155. The van der Waals surface area contributed by atoms with Crippen molar-refractivity contribution in [2.45, 2.75) is 44.2 Å². The van der Waals surface area contributed by atoms with Crippen LogP contribution in [0.2, 0.25) is 0 Å². The summed E-state index contributed by atoms with van der Waals surface area (Å²) in [6.07, 6.45) is 4.14. The zero-order chi connectivity index (χ0) is 16.5. The number of hydrogen-bond acceptors (Lipinski definition) is 4. The highest BCUT2D eigenvalue weighted by Gasteiger charge is 2.37. The van der Waals surface area contributed by atoms with E-state index >= 15 is 0 Å². The number of nitrogens with zero attached hydrogens (tertiary/aromatic N) is 2. The fraction of sp³-hybridized carbons (Fsp3) is 0.474. The number of rotatable bonds is 6. The smallest absolute Gasteiger partial charge is 0.228 e. The molecule has 2 aliphatic rings. The largest absolute Gasteiger partial charge is 0.393 e. The number of aliphatic hydroxyl groups excluding tert-OH is 1. The summed E-state index contributed by atoms with van der Waals surface area (Å²) in [6.45, 7) is 0.802. The van der Waals surface area contributed by atoms with E-state index in [1.807, 2.05) is 40.6 Å². The van der Waals surface area contributed by atoms with Crippen LogP contribution in [0.25, 0.3) is 10.6 Å². The van der Waals surface area contributed by atoms with Crippen LogP contribution >= 0.6 is 11.3 Å². The van der Waals surface area contributed by atoms with E-state index in [0.717, 1.165) is 48.5 Å². The van der Waals surface area contributed by atoms with Crippen LogP contribution in [0.15, 0.2) is 35.7 Å². The maximum absolute atomic E-state index is 12.7. The normalized spacial score (nSPS) is 22.9. The number of hydrogen-bond donors (Lipinski definition) is 1. The van der Waals surface area contributed by atoms with Crippen LogP contribution in [0.3, 0.4) is 0 Å². The molecule has 1 aromatic heterocycles. The monoisotopic (exact) mass is 342 g/mol. The lowest BCUT2D eigenvalue weighted by Crippen LogP contribution is -2.43. The summed E-state index contributed by atoms with van der Waals surface area (Å²) < 4.78 is 0. The van der Waals surface area contributed by atoms with Crippen LogP contribution in [-0.4, -0.2) is 39.6 Å². The van der Waals surface area contributed by atoms with Crippen molar-refractivity contribution < 1.29 is 9.90 Å². The third-order valence-corrected chi connectivity index (χ3v) is 5.82. The van der Waals surface area contributed by atoms with Gasteiger partial charge in [0.1, 0.15) is 5.01 Å². The average molecular weight is 342 g/mol. The van der Waals surface area contributed by atoms with Gasteiger partial charge in [0.25, 0.3) is 0 Å². The molecule has 1 aromatic carbocycles. The van der Waals surface area contributed by atoms with Crippen molar-refractivity contribution in [3.8, 4) is 10.6 Å². The Morgan fingerprint density at radius 2 is 2.00 bits per heavy atom. The maximum Gasteiger partial charge on any atom is 0.228 e. The second kappa shape index (κ2) is 6.65. The van der Waals surface area contributed by atoms with Crippen LogP contribution in [0.5, 0.6) is 0 Å². The Morgan fingerprint density at radius 1 is 1.25 bits per heavy atom. The lowest BCUT2D eigenvalue weighted by molar-refractivity contribution is -0.133. The molecule has 2 fully saturated rings. The number of thiazole rings is 1. The first-order valence-electron chi connectivity index (χ1n) is 8.66. The van der Waals surface area contributed by atoms with Gasteiger partial charge < -0.3 is 10.0 Å². The molecule has 0 saturated heterocycles. The first kappa shape index (κ1) is 15.8. The Balaban J connectivity index is 1.40. The van der Waals surface area contributed by atoms with Crippen molar-refractivity contribution in [2.24, 2.45) is 5.92 Å². The minimum Gasteiger partial charge on any atom is -0.393 e. The number of aliphatic hydroxyl groups is 1. The number of amides is 1. The van der Waals surface area contributed by atoms with Gasteiger partial charge in [-0.15, -0.1) is 11.3 Å². The first-order chi connectivity index (χ1) is 11.7. The van der Waals surface area contributed by atoms with Gasteiger partial charge in [0.2, 0.25) is 5.91 Å². The zero-order valence-corrected chi connectivity index (χ0v) is 14.4. The molecule has 0 atom stereocenters. The van der Waals surface area contributed by atoms with E-state index in [0.29, 0.717) is 18.4 Å². The first-order valence-corrected chi connectivity index (χ1v) is 9.54.